The molecule has 0 aliphatic carbocycles. The summed E-state index contributed by atoms with van der Waals surface area (Å²) in [6.45, 7) is 4.19. The quantitative estimate of drug-likeness (QED) is 0.0733. The van der Waals surface area contributed by atoms with Crippen LogP contribution in [0.5, 0.6) is 5.75 Å². The van der Waals surface area contributed by atoms with Crippen LogP contribution in [-0.2, 0) is 49.6 Å². The van der Waals surface area contributed by atoms with Gasteiger partial charge in [-0.25, -0.2) is 4.79 Å². The summed E-state index contributed by atoms with van der Waals surface area (Å²) in [5.74, 6) is -6.43. The smallest absolute Gasteiger partial charge is 0.326 e. The Bertz CT molecular complexity index is 1770. The summed E-state index contributed by atoms with van der Waals surface area (Å²) in [6, 6.07) is -1.90. The van der Waals surface area contributed by atoms with E-state index in [1.54, 1.807) is 12.1 Å². The van der Waals surface area contributed by atoms with Crippen LogP contribution in [0.25, 0.3) is 0 Å². The van der Waals surface area contributed by atoms with Gasteiger partial charge in [-0.05, 0) is 81.4 Å². The minimum Gasteiger partial charge on any atom is -0.508 e. The fourth-order valence-corrected chi connectivity index (χ4v) is 8.04. The summed E-state index contributed by atoms with van der Waals surface area (Å²) in [5, 5.41) is 27.7. The monoisotopic (exact) mass is 841 g/mol. The third-order valence-electron chi connectivity index (χ3n) is 11.1. The summed E-state index contributed by atoms with van der Waals surface area (Å²) in [4.78, 5) is 122. The maximum Gasteiger partial charge on any atom is 0.326 e. The van der Waals surface area contributed by atoms with Gasteiger partial charge in [0.1, 0.15) is 42.0 Å². The highest BCUT2D eigenvalue weighted by Gasteiger charge is 2.43. The van der Waals surface area contributed by atoms with Crippen molar-refractivity contribution in [3.8, 4) is 5.75 Å². The van der Waals surface area contributed by atoms with E-state index >= 15 is 0 Å². The number of carbonyl (C=O) groups is 9. The van der Waals surface area contributed by atoms with Gasteiger partial charge in [0.05, 0.1) is 6.04 Å². The number of rotatable bonds is 20. The molecule has 0 unspecified atom stereocenters. The van der Waals surface area contributed by atoms with Crippen LogP contribution in [0.15, 0.2) is 24.3 Å². The Morgan fingerprint density at radius 3 is 1.62 bits per heavy atom. The number of phenolic OH excluding ortho intramolecular Hbond substituents is 1. The first-order chi connectivity index (χ1) is 28.4. The molecule has 20 heteroatoms. The van der Waals surface area contributed by atoms with Crippen molar-refractivity contribution in [1.82, 2.24) is 30.7 Å². The maximum atomic E-state index is 14.5. The van der Waals surface area contributed by atoms with E-state index in [-0.39, 0.29) is 89.1 Å². The van der Waals surface area contributed by atoms with Crippen molar-refractivity contribution in [3.63, 3.8) is 0 Å². The van der Waals surface area contributed by atoms with Crippen molar-refractivity contribution in [3.05, 3.63) is 29.8 Å². The number of nitrogens with one attached hydrogen (secondary N) is 3. The molecule has 0 saturated carbocycles. The van der Waals surface area contributed by atoms with E-state index in [9.17, 15) is 53.4 Å². The number of hydrogen-bond acceptors (Lipinski definition) is 11. The molecule has 0 radical (unpaired) electrons. The van der Waals surface area contributed by atoms with E-state index in [0.29, 0.717) is 24.8 Å². The minimum atomic E-state index is -1.30. The van der Waals surface area contributed by atoms with Gasteiger partial charge in [-0.1, -0.05) is 26.0 Å². The first kappa shape index (κ1) is 46.9. The number of aromatic hydroxyl groups is 1. The Labute approximate surface area is 348 Å². The number of phenols is 1. The minimum absolute atomic E-state index is 0.0195. The van der Waals surface area contributed by atoms with Gasteiger partial charge in [0.25, 0.3) is 0 Å². The Balaban J connectivity index is 1.54. The SMILES string of the molecule is CC(C)C[C@H](NC(=O)[C@@H](N)CCC(N)=O)C(=O)N1CCC[C@H]1C(=O)N[C@@H](Cc1ccc(O)cc1)C(=O)N1CCC[C@H]1C(=O)N[C@@H](CCC(N)=O)C(=O)N1CCC[C@H]1C(=O)O. The van der Waals surface area contributed by atoms with Crippen LogP contribution in [-0.4, -0.2) is 140 Å². The molecular formula is C40H59N9O11. The number of nitrogens with two attached hydrogens (primary N) is 3. The maximum absolute atomic E-state index is 14.5. The zero-order valence-electron chi connectivity index (χ0n) is 34.2. The Morgan fingerprint density at radius 2 is 1.12 bits per heavy atom. The normalized spacial score (nSPS) is 20.9. The van der Waals surface area contributed by atoms with Crippen molar-refractivity contribution >= 4 is 53.2 Å². The first-order valence-corrected chi connectivity index (χ1v) is 20.5. The lowest BCUT2D eigenvalue weighted by Crippen LogP contribution is -2.59. The summed E-state index contributed by atoms with van der Waals surface area (Å²) in [6.07, 6.45) is 1.55. The molecule has 4 rings (SSSR count). The number of aliphatic carboxylic acids is 1. The molecular weight excluding hydrogens is 782 g/mol. The van der Waals surface area contributed by atoms with Crippen molar-refractivity contribution in [2.75, 3.05) is 19.6 Å². The van der Waals surface area contributed by atoms with Crippen molar-refractivity contribution in [2.45, 2.75) is 133 Å². The molecule has 8 amide bonds. The molecule has 3 saturated heterocycles. The molecule has 1 aromatic carbocycles. The number of carboxylic acid groups (broad SMARTS) is 1. The molecule has 0 spiro atoms. The van der Waals surface area contributed by atoms with Gasteiger partial charge >= 0.3 is 5.97 Å². The lowest BCUT2D eigenvalue weighted by Gasteiger charge is -2.33. The lowest BCUT2D eigenvalue weighted by molar-refractivity contribution is -0.150. The standard InChI is InChI=1S/C40H59N9O11/c1-22(2)20-27(45-34(53)25(41)13-15-32(42)51)38(57)47-17-4-7-30(47)36(55)46-28(21-23-9-11-24(50)12-10-23)39(58)48-18-3-6-29(48)35(54)44-26(14-16-33(43)52)37(56)49-19-5-8-31(49)40(59)60/h9-12,22,25-31,50H,3-8,13-21,41H2,1-2H3,(H2,42,51)(H2,43,52)(H,44,54)(H,45,53)(H,46,55)(H,59,60)/t25-,26-,27-,28-,29-,30-,31-/m0/s1. The van der Waals surface area contributed by atoms with Gasteiger partial charge in [0.2, 0.25) is 47.3 Å². The predicted molar refractivity (Wildman–Crippen MR) is 214 cm³/mol. The van der Waals surface area contributed by atoms with E-state index in [2.05, 4.69) is 16.0 Å². The van der Waals surface area contributed by atoms with E-state index in [0.717, 1.165) is 4.90 Å². The van der Waals surface area contributed by atoms with E-state index in [1.807, 2.05) is 13.8 Å². The number of carboxylic acids is 1. The van der Waals surface area contributed by atoms with Crippen LogP contribution in [0.2, 0.25) is 0 Å². The van der Waals surface area contributed by atoms with E-state index in [1.165, 1.54) is 21.9 Å². The van der Waals surface area contributed by atoms with Crippen molar-refractivity contribution in [1.29, 1.82) is 0 Å². The van der Waals surface area contributed by atoms with Crippen LogP contribution in [0.3, 0.4) is 0 Å². The Kier molecular flexibility index (Phi) is 16.8. The number of carbonyl (C=O) groups excluding carboxylic acids is 8. The average Bonchev–Trinajstić information content (AvgIpc) is 3.99. The van der Waals surface area contributed by atoms with Crippen LogP contribution < -0.4 is 33.2 Å². The average molecular weight is 842 g/mol. The van der Waals surface area contributed by atoms with Gasteiger partial charge < -0.3 is 58.1 Å². The Hall–Kier alpha value is -5.79. The lowest BCUT2D eigenvalue weighted by atomic mass is 10.0. The molecule has 0 aromatic heterocycles. The number of benzene rings is 1. The molecule has 330 valence electrons. The Morgan fingerprint density at radius 1 is 0.667 bits per heavy atom. The highest BCUT2D eigenvalue weighted by molar-refractivity contribution is 5.98. The molecule has 3 aliphatic rings. The molecule has 3 fully saturated rings. The zero-order chi connectivity index (χ0) is 44.3. The second-order valence-corrected chi connectivity index (χ2v) is 16.2. The predicted octanol–water partition coefficient (Wildman–Crippen LogP) is -1.65. The van der Waals surface area contributed by atoms with Crippen LogP contribution >= 0.6 is 0 Å². The summed E-state index contributed by atoms with van der Waals surface area (Å²) in [7, 11) is 0. The molecule has 7 atom stereocenters. The topological polar surface area (TPSA) is 318 Å². The highest BCUT2D eigenvalue weighted by atomic mass is 16.4. The number of hydrogen-bond donors (Lipinski definition) is 8. The largest absolute Gasteiger partial charge is 0.508 e. The third-order valence-corrected chi connectivity index (χ3v) is 11.1. The second-order valence-electron chi connectivity index (χ2n) is 16.2. The van der Waals surface area contributed by atoms with Gasteiger partial charge in [-0.2, -0.15) is 0 Å². The number of primary amides is 2. The first-order valence-electron chi connectivity index (χ1n) is 20.5. The number of likely N-dealkylation sites (tertiary alicyclic amines) is 3. The summed E-state index contributed by atoms with van der Waals surface area (Å²) < 4.78 is 0. The summed E-state index contributed by atoms with van der Waals surface area (Å²) in [5.41, 5.74) is 17.1. The van der Waals surface area contributed by atoms with Gasteiger partial charge in [-0.3, -0.25) is 38.4 Å². The van der Waals surface area contributed by atoms with Gasteiger partial charge in [0, 0.05) is 38.9 Å². The molecule has 0 bridgehead atoms. The fourth-order valence-electron chi connectivity index (χ4n) is 8.04. The van der Waals surface area contributed by atoms with E-state index in [4.69, 9.17) is 17.2 Å². The molecule has 11 N–H and O–H groups in total. The van der Waals surface area contributed by atoms with Gasteiger partial charge in [-0.15, -0.1) is 0 Å². The fraction of sp³-hybridized carbons (Fsp3) is 0.625. The highest BCUT2D eigenvalue weighted by Crippen LogP contribution is 2.25. The summed E-state index contributed by atoms with van der Waals surface area (Å²) >= 11 is 0. The molecule has 20 nitrogen and oxygen atoms in total. The zero-order valence-corrected chi connectivity index (χ0v) is 34.2. The van der Waals surface area contributed by atoms with Crippen molar-refractivity contribution in [2.24, 2.45) is 23.1 Å². The van der Waals surface area contributed by atoms with E-state index < -0.39 is 95.5 Å². The second kappa shape index (κ2) is 21.5. The van der Waals surface area contributed by atoms with Crippen molar-refractivity contribution < 1.29 is 53.4 Å². The molecule has 1 aromatic rings. The van der Waals surface area contributed by atoms with Crippen LogP contribution in [0, 0.1) is 5.92 Å². The third kappa shape index (κ3) is 12.6. The molecule has 3 heterocycles. The number of amides is 8. The molecule has 60 heavy (non-hydrogen) atoms. The van der Waals surface area contributed by atoms with Crippen LogP contribution in [0.4, 0.5) is 0 Å². The van der Waals surface area contributed by atoms with Gasteiger partial charge in [0.15, 0.2) is 0 Å². The van der Waals surface area contributed by atoms with Crippen LogP contribution in [0.1, 0.15) is 90.0 Å². The number of nitrogens with zero attached hydrogens (tertiary/aromatic N) is 3. The molecule has 3 aliphatic heterocycles.